The summed E-state index contributed by atoms with van der Waals surface area (Å²) >= 11 is 1.28. The summed E-state index contributed by atoms with van der Waals surface area (Å²) in [4.78, 5) is 23.6. The quantitative estimate of drug-likeness (QED) is 0.584. The predicted molar refractivity (Wildman–Crippen MR) is 112 cm³/mol. The van der Waals surface area contributed by atoms with Crippen LogP contribution in [0, 0.1) is 0 Å². The number of carbonyl (C=O) groups excluding carboxylic acids is 2. The first kappa shape index (κ1) is 19.2. The Morgan fingerprint density at radius 2 is 1.90 bits per heavy atom. The highest BCUT2D eigenvalue weighted by molar-refractivity contribution is 8.00. The molecule has 3 N–H and O–H groups in total. The van der Waals surface area contributed by atoms with E-state index in [4.69, 9.17) is 5.73 Å². The molecule has 2 amide bonds. The predicted octanol–water partition coefficient (Wildman–Crippen LogP) is 3.42. The minimum Gasteiger partial charge on any atom is -0.368 e. The Labute approximate surface area is 172 Å². The second-order valence-electron chi connectivity index (χ2n) is 6.99. The molecule has 7 nitrogen and oxygen atoms in total. The van der Waals surface area contributed by atoms with Crippen LogP contribution in [0.25, 0.3) is 5.69 Å². The molecule has 4 rings (SSSR count). The molecule has 1 fully saturated rings. The van der Waals surface area contributed by atoms with Crippen molar-refractivity contribution in [3.05, 3.63) is 66.0 Å². The van der Waals surface area contributed by atoms with E-state index >= 15 is 0 Å². The van der Waals surface area contributed by atoms with Crippen LogP contribution in [-0.4, -0.2) is 26.6 Å². The van der Waals surface area contributed by atoms with Crippen LogP contribution in [0.2, 0.25) is 0 Å². The number of hydrogen-bond donors (Lipinski definition) is 2. The highest BCUT2D eigenvalue weighted by atomic mass is 32.2. The smallest absolute Gasteiger partial charge is 0.235 e. The molecule has 3 aromatic rings. The fourth-order valence-corrected chi connectivity index (χ4v) is 4.17. The first-order valence-electron chi connectivity index (χ1n) is 9.37. The molecule has 2 aromatic carbocycles. The molecule has 148 valence electrons. The van der Waals surface area contributed by atoms with Crippen molar-refractivity contribution in [2.24, 2.45) is 5.73 Å². The van der Waals surface area contributed by atoms with Gasteiger partial charge in [0.05, 0.1) is 5.69 Å². The third-order valence-corrected chi connectivity index (χ3v) is 5.82. The molecule has 1 aliphatic carbocycles. The van der Waals surface area contributed by atoms with Gasteiger partial charge in [-0.05, 0) is 36.6 Å². The lowest BCUT2D eigenvalue weighted by Gasteiger charge is -2.15. The minimum atomic E-state index is -0.579. The summed E-state index contributed by atoms with van der Waals surface area (Å²) in [6.07, 6.45) is 2.12. The van der Waals surface area contributed by atoms with Crippen molar-refractivity contribution in [3.63, 3.8) is 0 Å². The molecule has 0 aliphatic heterocycles. The average molecular weight is 407 g/mol. The lowest BCUT2D eigenvalue weighted by Crippen LogP contribution is -2.19. The van der Waals surface area contributed by atoms with Crippen molar-refractivity contribution in [2.75, 3.05) is 5.32 Å². The average Bonchev–Trinajstić information content (AvgIpc) is 3.46. The molecule has 1 aliphatic rings. The van der Waals surface area contributed by atoms with E-state index in [1.54, 1.807) is 0 Å². The molecule has 29 heavy (non-hydrogen) atoms. The molecule has 1 aromatic heterocycles. The lowest BCUT2D eigenvalue weighted by atomic mass is 10.1. The van der Waals surface area contributed by atoms with Crippen molar-refractivity contribution in [1.29, 1.82) is 0 Å². The minimum absolute atomic E-state index is 0.138. The Morgan fingerprint density at radius 3 is 2.55 bits per heavy atom. The van der Waals surface area contributed by atoms with Gasteiger partial charge in [0, 0.05) is 18.5 Å². The largest absolute Gasteiger partial charge is 0.368 e. The third kappa shape index (κ3) is 4.32. The summed E-state index contributed by atoms with van der Waals surface area (Å²) in [6.45, 7) is 1.47. The van der Waals surface area contributed by atoms with Gasteiger partial charge in [-0.15, -0.1) is 10.2 Å². The second-order valence-corrected chi connectivity index (χ2v) is 8.07. The van der Waals surface area contributed by atoms with Crippen molar-refractivity contribution < 1.29 is 9.59 Å². The molecular formula is C21H21N5O2S. The van der Waals surface area contributed by atoms with Gasteiger partial charge in [-0.1, -0.05) is 48.2 Å². The molecule has 1 saturated carbocycles. The Kier molecular flexibility index (Phi) is 5.35. The zero-order valence-electron chi connectivity index (χ0n) is 15.9. The van der Waals surface area contributed by atoms with Crippen LogP contribution in [-0.2, 0) is 9.59 Å². The first-order chi connectivity index (χ1) is 14.0. The molecule has 0 spiro atoms. The van der Waals surface area contributed by atoms with E-state index < -0.39 is 11.2 Å². The van der Waals surface area contributed by atoms with Crippen LogP contribution in [0.1, 0.15) is 42.3 Å². The van der Waals surface area contributed by atoms with Gasteiger partial charge >= 0.3 is 0 Å². The summed E-state index contributed by atoms with van der Waals surface area (Å²) in [5.74, 6) is 0.644. The molecule has 8 heteroatoms. The van der Waals surface area contributed by atoms with E-state index in [0.717, 1.165) is 29.9 Å². The highest BCUT2D eigenvalue weighted by Gasteiger charge is 2.32. The fourth-order valence-electron chi connectivity index (χ4n) is 3.16. The maximum atomic E-state index is 12.2. The number of amides is 2. The molecule has 0 radical (unpaired) electrons. The van der Waals surface area contributed by atoms with Gasteiger partial charge in [0.25, 0.3) is 0 Å². The van der Waals surface area contributed by atoms with E-state index in [0.29, 0.717) is 16.8 Å². The van der Waals surface area contributed by atoms with Crippen molar-refractivity contribution in [2.45, 2.75) is 36.1 Å². The standard InChI is InChI=1S/C21H21N5O2S/c1-13(27)23-16-8-5-9-17(12-16)26-20(15-10-11-15)24-25-21(26)29-18(19(22)28)14-6-3-2-4-7-14/h2-9,12,15,18H,10-11H2,1H3,(H2,22,28)(H,23,27). The number of nitrogens with one attached hydrogen (secondary N) is 1. The number of aromatic nitrogens is 3. The van der Waals surface area contributed by atoms with Gasteiger partial charge in [0.15, 0.2) is 5.16 Å². The van der Waals surface area contributed by atoms with Crippen LogP contribution < -0.4 is 11.1 Å². The number of nitrogens with two attached hydrogens (primary N) is 1. The van der Waals surface area contributed by atoms with Gasteiger partial charge in [0.1, 0.15) is 11.1 Å². The number of benzene rings is 2. The zero-order valence-corrected chi connectivity index (χ0v) is 16.7. The Bertz CT molecular complexity index is 1050. The second kappa shape index (κ2) is 8.08. The summed E-state index contributed by atoms with van der Waals surface area (Å²) < 4.78 is 1.96. The van der Waals surface area contributed by atoms with E-state index in [1.165, 1.54) is 18.7 Å². The normalized spacial score (nSPS) is 14.4. The molecular weight excluding hydrogens is 386 g/mol. The summed E-state index contributed by atoms with van der Waals surface area (Å²) in [6, 6.07) is 16.9. The highest BCUT2D eigenvalue weighted by Crippen LogP contribution is 2.43. The number of nitrogens with zero attached hydrogens (tertiary/aromatic N) is 3. The van der Waals surface area contributed by atoms with Crippen LogP contribution in [0.3, 0.4) is 0 Å². The maximum absolute atomic E-state index is 12.2. The molecule has 1 atom stereocenters. The summed E-state index contributed by atoms with van der Waals surface area (Å²) in [5.41, 5.74) is 8.04. The van der Waals surface area contributed by atoms with Gasteiger partial charge in [-0.25, -0.2) is 0 Å². The lowest BCUT2D eigenvalue weighted by molar-refractivity contribution is -0.117. The van der Waals surface area contributed by atoms with E-state index in [2.05, 4.69) is 15.5 Å². The van der Waals surface area contributed by atoms with Crippen LogP contribution in [0.4, 0.5) is 5.69 Å². The zero-order chi connectivity index (χ0) is 20.4. The Hall–Kier alpha value is -3.13. The van der Waals surface area contributed by atoms with Crippen molar-refractivity contribution >= 4 is 29.3 Å². The fraction of sp³-hybridized carbons (Fsp3) is 0.238. The Balaban J connectivity index is 1.74. The molecule has 0 bridgehead atoms. The molecule has 1 unspecified atom stereocenters. The van der Waals surface area contributed by atoms with E-state index in [1.807, 2.05) is 59.2 Å². The maximum Gasteiger partial charge on any atom is 0.235 e. The number of carbonyl (C=O) groups is 2. The number of rotatable bonds is 7. The van der Waals surface area contributed by atoms with E-state index in [-0.39, 0.29) is 5.91 Å². The van der Waals surface area contributed by atoms with Crippen molar-refractivity contribution in [1.82, 2.24) is 14.8 Å². The molecule has 1 heterocycles. The van der Waals surface area contributed by atoms with Crippen LogP contribution >= 0.6 is 11.8 Å². The molecule has 0 saturated heterocycles. The van der Waals surface area contributed by atoms with Gasteiger partial charge in [-0.2, -0.15) is 0 Å². The Morgan fingerprint density at radius 1 is 1.14 bits per heavy atom. The summed E-state index contributed by atoms with van der Waals surface area (Å²) in [5, 5.41) is 11.6. The number of thioether (sulfide) groups is 1. The van der Waals surface area contributed by atoms with Gasteiger partial charge < -0.3 is 11.1 Å². The third-order valence-electron chi connectivity index (χ3n) is 4.61. The van der Waals surface area contributed by atoms with Crippen LogP contribution in [0.5, 0.6) is 0 Å². The number of primary amides is 1. The topological polar surface area (TPSA) is 103 Å². The monoisotopic (exact) mass is 407 g/mol. The van der Waals surface area contributed by atoms with Crippen molar-refractivity contribution in [3.8, 4) is 5.69 Å². The first-order valence-corrected chi connectivity index (χ1v) is 10.2. The van der Waals surface area contributed by atoms with E-state index in [9.17, 15) is 9.59 Å². The number of hydrogen-bond acceptors (Lipinski definition) is 5. The van der Waals surface area contributed by atoms with Gasteiger partial charge in [-0.3, -0.25) is 14.2 Å². The number of anilines is 1. The SMILES string of the molecule is CC(=O)Nc1cccc(-n2c(SC(C(N)=O)c3ccccc3)nnc2C2CC2)c1. The van der Waals surface area contributed by atoms with Crippen LogP contribution in [0.15, 0.2) is 59.8 Å². The summed E-state index contributed by atoms with van der Waals surface area (Å²) in [7, 11) is 0. The van der Waals surface area contributed by atoms with Gasteiger partial charge in [0.2, 0.25) is 11.8 Å².